The highest BCUT2D eigenvalue weighted by atomic mass is 19.4. The van der Waals surface area contributed by atoms with Crippen molar-refractivity contribution in [3.8, 4) is 0 Å². The molecule has 0 saturated carbocycles. The van der Waals surface area contributed by atoms with E-state index in [-0.39, 0.29) is 16.9 Å². The average Bonchev–Trinajstić information content (AvgIpc) is 3.51. The Balaban J connectivity index is 1.42. The fraction of sp³-hybridized carbons (Fsp3) is 0.333. The van der Waals surface area contributed by atoms with Crippen LogP contribution in [0.25, 0.3) is 5.70 Å². The van der Waals surface area contributed by atoms with Gasteiger partial charge in [0.25, 0.3) is 5.91 Å². The molecule has 0 bridgehead atoms. The van der Waals surface area contributed by atoms with Crippen molar-refractivity contribution in [1.82, 2.24) is 25.6 Å². The monoisotopic (exact) mass is 558 g/mol. The molecule has 2 aromatic carbocycles. The van der Waals surface area contributed by atoms with Gasteiger partial charge < -0.3 is 20.5 Å². The number of anilines is 3. The molecule has 3 heterocycles. The molecule has 2 aliphatic rings. The third kappa shape index (κ3) is 5.34. The second-order valence-corrected chi connectivity index (χ2v) is 10.0. The summed E-state index contributed by atoms with van der Waals surface area (Å²) in [4.78, 5) is 16.8. The number of nitrogens with one attached hydrogen (secondary N) is 3. The van der Waals surface area contributed by atoms with Crippen LogP contribution in [-0.4, -0.2) is 53.8 Å². The van der Waals surface area contributed by atoms with E-state index in [2.05, 4.69) is 21.4 Å². The average molecular weight is 559 g/mol. The Labute approximate surface area is 229 Å². The smallest absolute Gasteiger partial charge is 0.367 e. The van der Waals surface area contributed by atoms with Crippen molar-refractivity contribution in [3.05, 3.63) is 76.5 Å². The predicted octanol–water partition coefficient (Wildman–Crippen LogP) is 4.03. The molecule has 1 saturated heterocycles. The fourth-order valence-corrected chi connectivity index (χ4v) is 4.72. The molecular formula is C27H30F4N8O. The maximum absolute atomic E-state index is 15.0. The minimum absolute atomic E-state index is 0.134. The minimum atomic E-state index is -4.92. The van der Waals surface area contributed by atoms with Gasteiger partial charge in [-0.1, -0.05) is 6.07 Å². The standard InChI is InChI=1S/C27H30F4N8O/c1-16-5-6-18(11-23(16)39-15-22(34-35-39)20-14-32-37(4)17(20)2)26(40)33-19-12-21(27(29,30)31)25(28)24(13-19)38-9-7-36(3)8-10-38/h5-6,11-15,34-35H,7-10H2,1-4H3,(H,33,40). The van der Waals surface area contributed by atoms with Gasteiger partial charge in [-0.3, -0.25) is 14.5 Å². The number of likely N-dealkylation sites (N-methyl/N-ethyl adjacent to an activating group) is 1. The number of amides is 1. The van der Waals surface area contributed by atoms with E-state index in [9.17, 15) is 18.0 Å². The number of carbonyl (C=O) groups excluding carboxylic acids is 1. The molecule has 13 heteroatoms. The molecule has 40 heavy (non-hydrogen) atoms. The molecule has 0 unspecified atom stereocenters. The van der Waals surface area contributed by atoms with Crippen LogP contribution >= 0.6 is 0 Å². The summed E-state index contributed by atoms with van der Waals surface area (Å²) in [6.07, 6.45) is -1.36. The van der Waals surface area contributed by atoms with Crippen molar-refractivity contribution in [2.75, 3.05) is 48.5 Å². The second kappa shape index (κ2) is 10.5. The van der Waals surface area contributed by atoms with Gasteiger partial charge in [0.2, 0.25) is 0 Å². The highest BCUT2D eigenvalue weighted by molar-refractivity contribution is 6.05. The highest BCUT2D eigenvalue weighted by Crippen LogP contribution is 2.38. The van der Waals surface area contributed by atoms with Gasteiger partial charge in [-0.25, -0.2) is 4.39 Å². The van der Waals surface area contributed by atoms with Gasteiger partial charge in [-0.05, 0) is 50.7 Å². The number of aryl methyl sites for hydroxylation is 2. The summed E-state index contributed by atoms with van der Waals surface area (Å²) in [5, 5.41) is 8.51. The Bertz CT molecular complexity index is 1470. The summed E-state index contributed by atoms with van der Waals surface area (Å²) in [5.41, 5.74) is 8.77. The number of rotatable bonds is 5. The molecule has 3 N–H and O–H groups in total. The Kier molecular flexibility index (Phi) is 7.19. The quantitative estimate of drug-likeness (QED) is 0.408. The van der Waals surface area contributed by atoms with E-state index in [1.54, 1.807) is 39.0 Å². The zero-order valence-electron chi connectivity index (χ0n) is 22.5. The normalized spacial score (nSPS) is 16.2. The Morgan fingerprint density at radius 3 is 2.40 bits per heavy atom. The van der Waals surface area contributed by atoms with Gasteiger partial charge in [0, 0.05) is 61.9 Å². The summed E-state index contributed by atoms with van der Waals surface area (Å²) >= 11 is 0. The number of nitrogens with zero attached hydrogens (tertiary/aromatic N) is 5. The predicted molar refractivity (Wildman–Crippen MR) is 145 cm³/mol. The molecule has 9 nitrogen and oxygen atoms in total. The number of halogens is 4. The molecule has 3 aromatic rings. The first-order valence-electron chi connectivity index (χ1n) is 12.7. The number of aromatic nitrogens is 2. The lowest BCUT2D eigenvalue weighted by atomic mass is 10.1. The maximum Gasteiger partial charge on any atom is 0.419 e. The van der Waals surface area contributed by atoms with E-state index in [1.807, 2.05) is 39.0 Å². The summed E-state index contributed by atoms with van der Waals surface area (Å²) in [6.45, 7) is 5.72. The lowest BCUT2D eigenvalue weighted by molar-refractivity contribution is -0.139. The van der Waals surface area contributed by atoms with Gasteiger partial charge in [0.1, 0.15) is 0 Å². The number of benzene rings is 2. The first-order valence-corrected chi connectivity index (χ1v) is 12.7. The summed E-state index contributed by atoms with van der Waals surface area (Å²) in [7, 11) is 3.74. The number of carbonyl (C=O) groups is 1. The molecule has 1 aromatic heterocycles. The van der Waals surface area contributed by atoms with Crippen molar-refractivity contribution in [3.63, 3.8) is 0 Å². The van der Waals surface area contributed by atoms with Gasteiger partial charge >= 0.3 is 6.18 Å². The van der Waals surface area contributed by atoms with Crippen molar-refractivity contribution >= 4 is 28.7 Å². The van der Waals surface area contributed by atoms with Gasteiger partial charge in [0.05, 0.1) is 28.8 Å². The van der Waals surface area contributed by atoms with Crippen molar-refractivity contribution in [2.24, 2.45) is 7.05 Å². The van der Waals surface area contributed by atoms with Gasteiger partial charge in [-0.15, -0.1) is 5.53 Å². The molecule has 212 valence electrons. The van der Waals surface area contributed by atoms with E-state index in [1.165, 1.54) is 6.07 Å². The van der Waals surface area contributed by atoms with Crippen LogP contribution in [0.15, 0.2) is 42.7 Å². The Morgan fingerprint density at radius 1 is 1.02 bits per heavy atom. The van der Waals surface area contributed by atoms with E-state index in [0.717, 1.165) is 22.5 Å². The van der Waals surface area contributed by atoms with E-state index < -0.39 is 23.5 Å². The van der Waals surface area contributed by atoms with Crippen molar-refractivity contribution < 1.29 is 22.4 Å². The van der Waals surface area contributed by atoms with Crippen LogP contribution in [0.2, 0.25) is 0 Å². The number of hydrazine groups is 2. The molecule has 1 fully saturated rings. The van der Waals surface area contributed by atoms with Gasteiger partial charge in [-0.2, -0.15) is 18.3 Å². The van der Waals surface area contributed by atoms with Crippen molar-refractivity contribution in [2.45, 2.75) is 20.0 Å². The van der Waals surface area contributed by atoms with Crippen LogP contribution in [0.5, 0.6) is 0 Å². The lowest BCUT2D eigenvalue weighted by Crippen LogP contribution is -2.45. The molecule has 0 spiro atoms. The number of hydrogen-bond acceptors (Lipinski definition) is 7. The molecule has 1 amide bonds. The Hall–Kier alpha value is -4.10. The molecule has 2 aliphatic heterocycles. The highest BCUT2D eigenvalue weighted by Gasteiger charge is 2.37. The summed E-state index contributed by atoms with van der Waals surface area (Å²) in [6, 6.07) is 6.86. The van der Waals surface area contributed by atoms with E-state index >= 15 is 4.39 Å². The number of piperazine rings is 1. The molecule has 0 aliphatic carbocycles. The topological polar surface area (TPSA) is 80.7 Å². The number of alkyl halides is 3. The number of hydrogen-bond donors (Lipinski definition) is 3. The summed E-state index contributed by atoms with van der Waals surface area (Å²) in [5.74, 6) is -1.96. The fourth-order valence-electron chi connectivity index (χ4n) is 4.72. The largest absolute Gasteiger partial charge is 0.419 e. The van der Waals surface area contributed by atoms with Crippen LogP contribution in [0.4, 0.5) is 34.6 Å². The first-order chi connectivity index (χ1) is 18.9. The van der Waals surface area contributed by atoms with E-state index in [4.69, 9.17) is 0 Å². The SMILES string of the molecule is Cc1ccc(C(=O)Nc2cc(N3CCN(C)CC3)c(F)c(C(F)(F)F)c2)cc1N1C=C(c2cnn(C)c2C)NN1. The minimum Gasteiger partial charge on any atom is -0.367 e. The Morgan fingerprint density at radius 2 is 1.75 bits per heavy atom. The van der Waals surface area contributed by atoms with Crippen LogP contribution in [-0.2, 0) is 13.2 Å². The van der Waals surface area contributed by atoms with Crippen LogP contribution in [0, 0.1) is 19.7 Å². The zero-order valence-corrected chi connectivity index (χ0v) is 22.5. The zero-order chi connectivity index (χ0) is 28.8. The van der Waals surface area contributed by atoms with Crippen molar-refractivity contribution in [1.29, 1.82) is 0 Å². The van der Waals surface area contributed by atoms with E-state index in [0.29, 0.717) is 37.9 Å². The van der Waals surface area contributed by atoms with Crippen LogP contribution < -0.4 is 26.2 Å². The third-order valence-corrected chi connectivity index (χ3v) is 7.29. The van der Waals surface area contributed by atoms with Gasteiger partial charge in [0.15, 0.2) is 5.82 Å². The molecule has 0 atom stereocenters. The second-order valence-electron chi connectivity index (χ2n) is 10.0. The third-order valence-electron chi connectivity index (χ3n) is 7.29. The molecule has 5 rings (SSSR count). The van der Waals surface area contributed by atoms with Crippen LogP contribution in [0.1, 0.15) is 32.7 Å². The maximum atomic E-state index is 15.0. The lowest BCUT2D eigenvalue weighted by Gasteiger charge is -2.34. The van der Waals surface area contributed by atoms with Crippen LogP contribution in [0.3, 0.4) is 0 Å². The molecular weight excluding hydrogens is 528 g/mol. The first kappa shape index (κ1) is 27.5. The molecule has 0 radical (unpaired) electrons. The summed E-state index contributed by atoms with van der Waals surface area (Å²) < 4.78 is 58.0.